The summed E-state index contributed by atoms with van der Waals surface area (Å²) in [4.78, 5) is 20.7. The van der Waals surface area contributed by atoms with E-state index in [1.165, 1.54) is 12.8 Å². The molecule has 2 aromatic heterocycles. The van der Waals surface area contributed by atoms with Crippen LogP contribution in [0, 0.1) is 0 Å². The van der Waals surface area contributed by atoms with Crippen LogP contribution in [-0.4, -0.2) is 45.4 Å². The Kier molecular flexibility index (Phi) is 7.69. The molecule has 1 amide bonds. The Morgan fingerprint density at radius 2 is 1.87 bits per heavy atom. The monoisotopic (exact) mass is 464 g/mol. The fourth-order valence-electron chi connectivity index (χ4n) is 4.22. The molecule has 0 spiro atoms. The predicted molar refractivity (Wildman–Crippen MR) is 126 cm³/mol. The summed E-state index contributed by atoms with van der Waals surface area (Å²) in [6.45, 7) is 1.69. The Balaban J connectivity index is 0.00000128. The normalized spacial score (nSPS) is 20.3. The minimum Gasteiger partial charge on any atom is -0.337 e. The number of imidazole rings is 1. The van der Waals surface area contributed by atoms with Crippen LogP contribution < -0.4 is 5.32 Å². The third-order valence-corrected chi connectivity index (χ3v) is 6.76. The Labute approximate surface area is 193 Å². The SMILES string of the molecule is Cl.Cl.O=C(c1ccc(SCc2cn3ccccc3n2)cc1)N1CCC2CCC(C1)N2. The average molecular weight is 465 g/mol. The predicted octanol–water partition coefficient (Wildman–Crippen LogP) is 4.44. The second-order valence-electron chi connectivity index (χ2n) is 7.69. The third-order valence-electron chi connectivity index (χ3n) is 5.71. The number of aromatic nitrogens is 2. The van der Waals surface area contributed by atoms with Crippen LogP contribution >= 0.6 is 36.6 Å². The molecule has 0 saturated carbocycles. The highest BCUT2D eigenvalue weighted by atomic mass is 35.5. The highest BCUT2D eigenvalue weighted by Crippen LogP contribution is 2.25. The number of rotatable bonds is 4. The molecule has 2 saturated heterocycles. The van der Waals surface area contributed by atoms with E-state index >= 15 is 0 Å². The fraction of sp³-hybridized carbons (Fsp3) is 0.364. The van der Waals surface area contributed by atoms with Gasteiger partial charge in [-0.3, -0.25) is 4.79 Å². The zero-order valence-electron chi connectivity index (χ0n) is 16.6. The molecule has 2 aliphatic rings. The van der Waals surface area contributed by atoms with Gasteiger partial charge in [-0.25, -0.2) is 4.98 Å². The molecule has 1 aromatic carbocycles. The van der Waals surface area contributed by atoms with Gasteiger partial charge in [-0.1, -0.05) is 6.07 Å². The first-order valence-electron chi connectivity index (χ1n) is 9.95. The van der Waals surface area contributed by atoms with Gasteiger partial charge in [0.25, 0.3) is 5.91 Å². The number of halogens is 2. The second kappa shape index (κ2) is 10.1. The van der Waals surface area contributed by atoms with Crippen LogP contribution in [0.15, 0.2) is 59.8 Å². The molecule has 8 heteroatoms. The summed E-state index contributed by atoms with van der Waals surface area (Å²) in [5, 5.41) is 3.64. The molecule has 2 unspecified atom stereocenters. The summed E-state index contributed by atoms with van der Waals surface area (Å²) >= 11 is 1.75. The molecule has 3 aromatic rings. The molecule has 0 aliphatic carbocycles. The highest BCUT2D eigenvalue weighted by Gasteiger charge is 2.31. The summed E-state index contributed by atoms with van der Waals surface area (Å²) < 4.78 is 2.04. The second-order valence-corrected chi connectivity index (χ2v) is 8.74. The largest absolute Gasteiger partial charge is 0.337 e. The van der Waals surface area contributed by atoms with Gasteiger partial charge in [-0.05, 0) is 55.7 Å². The maximum atomic E-state index is 12.9. The van der Waals surface area contributed by atoms with Gasteiger partial charge in [-0.15, -0.1) is 36.6 Å². The lowest BCUT2D eigenvalue weighted by Crippen LogP contribution is -2.39. The van der Waals surface area contributed by atoms with Crippen molar-refractivity contribution in [1.82, 2.24) is 19.6 Å². The van der Waals surface area contributed by atoms with Crippen molar-refractivity contribution in [3.63, 3.8) is 0 Å². The van der Waals surface area contributed by atoms with Gasteiger partial charge in [0, 0.05) is 53.8 Å². The Hall–Kier alpha value is -1.73. The molecule has 2 bridgehead atoms. The Bertz CT molecular complexity index is 961. The number of hydrogen-bond donors (Lipinski definition) is 1. The maximum Gasteiger partial charge on any atom is 0.253 e. The molecule has 2 aliphatic heterocycles. The van der Waals surface area contributed by atoms with Crippen molar-refractivity contribution in [3.8, 4) is 0 Å². The minimum absolute atomic E-state index is 0. The van der Waals surface area contributed by atoms with E-state index in [2.05, 4.69) is 28.6 Å². The first-order valence-corrected chi connectivity index (χ1v) is 10.9. The minimum atomic E-state index is 0. The van der Waals surface area contributed by atoms with Crippen LogP contribution in [0.4, 0.5) is 0 Å². The summed E-state index contributed by atoms with van der Waals surface area (Å²) in [5.74, 6) is 0.974. The molecule has 30 heavy (non-hydrogen) atoms. The first kappa shape index (κ1) is 22.9. The number of pyridine rings is 1. The number of likely N-dealkylation sites (tertiary alicyclic amines) is 1. The summed E-state index contributed by atoms with van der Waals surface area (Å²) in [5.41, 5.74) is 2.82. The van der Waals surface area contributed by atoms with Crippen molar-refractivity contribution in [1.29, 1.82) is 0 Å². The van der Waals surface area contributed by atoms with Crippen molar-refractivity contribution in [2.75, 3.05) is 13.1 Å². The van der Waals surface area contributed by atoms with E-state index in [1.807, 2.05) is 45.8 Å². The lowest BCUT2D eigenvalue weighted by molar-refractivity contribution is 0.0748. The zero-order chi connectivity index (χ0) is 18.9. The molecule has 4 heterocycles. The molecule has 5 nitrogen and oxygen atoms in total. The third kappa shape index (κ3) is 4.94. The molecule has 160 valence electrons. The van der Waals surface area contributed by atoms with Gasteiger partial charge in [-0.2, -0.15) is 0 Å². The van der Waals surface area contributed by atoms with E-state index in [0.29, 0.717) is 12.1 Å². The maximum absolute atomic E-state index is 12.9. The fourth-order valence-corrected chi connectivity index (χ4v) is 5.00. The van der Waals surface area contributed by atoms with E-state index in [-0.39, 0.29) is 30.7 Å². The van der Waals surface area contributed by atoms with Gasteiger partial charge >= 0.3 is 0 Å². The standard InChI is InChI=1S/C22H24N4OS.2ClH/c27-22(26-12-10-17-6-7-18(13-26)23-17)16-4-8-20(9-5-16)28-15-19-14-25-11-2-1-3-21(25)24-19;;/h1-5,8-9,11,14,17-18,23H,6-7,10,12-13,15H2;2*1H. The van der Waals surface area contributed by atoms with Crippen LogP contribution in [-0.2, 0) is 5.75 Å². The van der Waals surface area contributed by atoms with Gasteiger partial charge < -0.3 is 14.6 Å². The molecule has 1 N–H and O–H groups in total. The van der Waals surface area contributed by atoms with E-state index in [4.69, 9.17) is 0 Å². The number of thioether (sulfide) groups is 1. The Morgan fingerprint density at radius 3 is 2.67 bits per heavy atom. The van der Waals surface area contributed by atoms with Crippen molar-refractivity contribution in [2.24, 2.45) is 0 Å². The molecular weight excluding hydrogens is 439 g/mol. The van der Waals surface area contributed by atoms with Crippen LogP contribution in [0.5, 0.6) is 0 Å². The smallest absolute Gasteiger partial charge is 0.253 e. The summed E-state index contributed by atoms with van der Waals surface area (Å²) in [6, 6.07) is 15.1. The zero-order valence-corrected chi connectivity index (χ0v) is 19.0. The van der Waals surface area contributed by atoms with Crippen molar-refractivity contribution in [2.45, 2.75) is 42.0 Å². The van der Waals surface area contributed by atoms with Gasteiger partial charge in [0.1, 0.15) is 5.65 Å². The summed E-state index contributed by atoms with van der Waals surface area (Å²) in [7, 11) is 0. The molecule has 0 radical (unpaired) electrons. The number of amides is 1. The molecular formula is C22H26Cl2N4OS. The van der Waals surface area contributed by atoms with Crippen LogP contribution in [0.3, 0.4) is 0 Å². The van der Waals surface area contributed by atoms with Gasteiger partial charge in [0.05, 0.1) is 5.69 Å². The quantitative estimate of drug-likeness (QED) is 0.579. The number of fused-ring (bicyclic) bond motifs is 3. The Morgan fingerprint density at radius 1 is 1.07 bits per heavy atom. The van der Waals surface area contributed by atoms with E-state index in [1.54, 1.807) is 11.8 Å². The van der Waals surface area contributed by atoms with Crippen LogP contribution in [0.25, 0.3) is 5.65 Å². The van der Waals surface area contributed by atoms with Crippen LogP contribution in [0.2, 0.25) is 0 Å². The van der Waals surface area contributed by atoms with E-state index < -0.39 is 0 Å². The number of benzene rings is 1. The number of nitrogens with zero attached hydrogens (tertiary/aromatic N) is 3. The average Bonchev–Trinajstić information content (AvgIpc) is 3.28. The highest BCUT2D eigenvalue weighted by molar-refractivity contribution is 7.98. The van der Waals surface area contributed by atoms with Crippen molar-refractivity contribution in [3.05, 3.63) is 66.1 Å². The lowest BCUT2D eigenvalue weighted by atomic mass is 10.1. The van der Waals surface area contributed by atoms with Crippen molar-refractivity contribution >= 4 is 48.1 Å². The summed E-state index contributed by atoms with van der Waals surface area (Å²) in [6.07, 6.45) is 7.59. The molecule has 2 atom stereocenters. The molecule has 2 fully saturated rings. The van der Waals surface area contributed by atoms with E-state index in [9.17, 15) is 4.79 Å². The number of nitrogens with one attached hydrogen (secondary N) is 1. The molecule has 5 rings (SSSR count). The number of carbonyl (C=O) groups is 1. The first-order chi connectivity index (χ1) is 13.7. The van der Waals surface area contributed by atoms with Crippen molar-refractivity contribution < 1.29 is 4.79 Å². The topological polar surface area (TPSA) is 49.6 Å². The van der Waals surface area contributed by atoms with Gasteiger partial charge in [0.2, 0.25) is 0 Å². The number of carbonyl (C=O) groups excluding carboxylic acids is 1. The van der Waals surface area contributed by atoms with Gasteiger partial charge in [0.15, 0.2) is 0 Å². The number of hydrogen-bond acceptors (Lipinski definition) is 4. The van der Waals surface area contributed by atoms with E-state index in [0.717, 1.165) is 47.1 Å². The van der Waals surface area contributed by atoms with Crippen LogP contribution in [0.1, 0.15) is 35.3 Å². The lowest BCUT2D eigenvalue weighted by Gasteiger charge is -2.24.